The zero-order chi connectivity index (χ0) is 13.3. The van der Waals surface area contributed by atoms with E-state index < -0.39 is 0 Å². The average molecular weight is 260 g/mol. The molecule has 4 heteroatoms. The van der Waals surface area contributed by atoms with Crippen LogP contribution in [0.1, 0.15) is 18.4 Å². The monoisotopic (exact) mass is 260 g/mol. The maximum absolute atomic E-state index is 11.5. The molecule has 1 aromatic rings. The van der Waals surface area contributed by atoms with Gasteiger partial charge in [-0.1, -0.05) is 30.3 Å². The molecule has 1 amide bonds. The molecule has 0 radical (unpaired) electrons. The van der Waals surface area contributed by atoms with Crippen LogP contribution in [0.4, 0.5) is 4.79 Å². The Hall–Kier alpha value is -1.55. The van der Waals surface area contributed by atoms with E-state index in [0.717, 1.165) is 39.0 Å². The van der Waals surface area contributed by atoms with Gasteiger partial charge in [-0.2, -0.15) is 0 Å². The van der Waals surface area contributed by atoms with Crippen LogP contribution in [0, 0.1) is 0 Å². The number of likely N-dealkylation sites (N-methyl/N-ethyl adjacent to an activating group) is 1. The molecule has 1 spiro atoms. The summed E-state index contributed by atoms with van der Waals surface area (Å²) in [6.45, 7) is 3.72. The normalized spacial score (nSPS) is 22.8. The Morgan fingerprint density at radius 1 is 1.21 bits per heavy atom. The van der Waals surface area contributed by atoms with Gasteiger partial charge in [0, 0.05) is 39.5 Å². The lowest BCUT2D eigenvalue weighted by molar-refractivity contribution is -0.00119. The highest BCUT2D eigenvalue weighted by Gasteiger charge is 2.45. The maximum atomic E-state index is 11.5. The van der Waals surface area contributed by atoms with Crippen molar-refractivity contribution in [1.82, 2.24) is 9.80 Å². The number of benzene rings is 1. The van der Waals surface area contributed by atoms with E-state index >= 15 is 0 Å². The van der Waals surface area contributed by atoms with Gasteiger partial charge in [-0.25, -0.2) is 4.79 Å². The summed E-state index contributed by atoms with van der Waals surface area (Å²) in [4.78, 5) is 15.6. The molecule has 1 aromatic carbocycles. The number of amides is 1. The number of carbonyl (C=O) groups excluding carboxylic acids is 1. The van der Waals surface area contributed by atoms with E-state index in [1.807, 2.05) is 13.1 Å². The fraction of sp³-hybridized carbons (Fsp3) is 0.533. The second-order valence-electron chi connectivity index (χ2n) is 5.67. The largest absolute Gasteiger partial charge is 0.441 e. The summed E-state index contributed by atoms with van der Waals surface area (Å²) >= 11 is 0. The number of hydrogen-bond donors (Lipinski definition) is 0. The van der Waals surface area contributed by atoms with Gasteiger partial charge in [0.1, 0.15) is 5.60 Å². The highest BCUT2D eigenvalue weighted by atomic mass is 16.6. The number of piperidine rings is 1. The lowest BCUT2D eigenvalue weighted by Crippen LogP contribution is -2.46. The SMILES string of the molecule is CN1CC2(CCN(Cc3ccccc3)CC2)OC1=O. The van der Waals surface area contributed by atoms with Gasteiger partial charge in [-0.3, -0.25) is 4.90 Å². The van der Waals surface area contributed by atoms with Crippen molar-refractivity contribution in [2.45, 2.75) is 25.0 Å². The van der Waals surface area contributed by atoms with Crippen molar-refractivity contribution in [1.29, 1.82) is 0 Å². The molecule has 0 saturated carbocycles. The minimum Gasteiger partial charge on any atom is -0.441 e. The summed E-state index contributed by atoms with van der Waals surface area (Å²) in [5, 5.41) is 0. The smallest absolute Gasteiger partial charge is 0.410 e. The third-order valence-corrected chi connectivity index (χ3v) is 4.16. The first kappa shape index (κ1) is 12.5. The number of likely N-dealkylation sites (tertiary alicyclic amines) is 1. The highest BCUT2D eigenvalue weighted by Crippen LogP contribution is 2.32. The average Bonchev–Trinajstić information content (AvgIpc) is 2.69. The third kappa shape index (κ3) is 2.59. The number of ether oxygens (including phenoxy) is 1. The van der Waals surface area contributed by atoms with E-state index in [0.29, 0.717) is 0 Å². The highest BCUT2D eigenvalue weighted by molar-refractivity contribution is 5.70. The second kappa shape index (κ2) is 4.85. The van der Waals surface area contributed by atoms with Gasteiger partial charge in [0.25, 0.3) is 0 Å². The standard InChI is InChI=1S/C15H20N2O2/c1-16-12-15(19-14(16)18)7-9-17(10-8-15)11-13-5-3-2-4-6-13/h2-6H,7-12H2,1H3. The van der Waals surface area contributed by atoms with Gasteiger partial charge >= 0.3 is 6.09 Å². The lowest BCUT2D eigenvalue weighted by Gasteiger charge is -2.37. The molecule has 0 atom stereocenters. The van der Waals surface area contributed by atoms with E-state index in [1.54, 1.807) is 4.90 Å². The summed E-state index contributed by atoms with van der Waals surface area (Å²) in [5.41, 5.74) is 1.12. The van der Waals surface area contributed by atoms with Crippen LogP contribution in [0.3, 0.4) is 0 Å². The van der Waals surface area contributed by atoms with E-state index in [-0.39, 0.29) is 11.7 Å². The molecule has 102 valence electrons. The summed E-state index contributed by atoms with van der Waals surface area (Å²) in [6, 6.07) is 10.5. The molecule has 2 aliphatic rings. The molecule has 2 aliphatic heterocycles. The minimum absolute atomic E-state index is 0.170. The first-order valence-corrected chi connectivity index (χ1v) is 6.87. The number of rotatable bonds is 2. The fourth-order valence-electron chi connectivity index (χ4n) is 3.01. The Kier molecular flexibility index (Phi) is 3.19. The first-order valence-electron chi connectivity index (χ1n) is 6.87. The zero-order valence-electron chi connectivity index (χ0n) is 11.3. The van der Waals surface area contributed by atoms with Gasteiger partial charge in [-0.15, -0.1) is 0 Å². The second-order valence-corrected chi connectivity index (χ2v) is 5.67. The molecule has 3 rings (SSSR count). The lowest BCUT2D eigenvalue weighted by atomic mass is 9.91. The van der Waals surface area contributed by atoms with Crippen molar-refractivity contribution in [2.24, 2.45) is 0 Å². The van der Waals surface area contributed by atoms with E-state index in [1.165, 1.54) is 5.56 Å². The Morgan fingerprint density at radius 2 is 1.89 bits per heavy atom. The predicted molar refractivity (Wildman–Crippen MR) is 72.8 cm³/mol. The topological polar surface area (TPSA) is 32.8 Å². The molecule has 2 heterocycles. The van der Waals surface area contributed by atoms with Crippen molar-refractivity contribution >= 4 is 6.09 Å². The molecule has 0 bridgehead atoms. The van der Waals surface area contributed by atoms with Crippen LogP contribution in [0.25, 0.3) is 0 Å². The molecule has 0 aromatic heterocycles. The summed E-state index contributed by atoms with van der Waals surface area (Å²) in [6.07, 6.45) is 1.71. The molecule has 0 N–H and O–H groups in total. The molecule has 2 fully saturated rings. The van der Waals surface area contributed by atoms with Crippen LogP contribution < -0.4 is 0 Å². The van der Waals surface area contributed by atoms with Gasteiger partial charge in [0.2, 0.25) is 0 Å². The van der Waals surface area contributed by atoms with Gasteiger partial charge in [-0.05, 0) is 5.56 Å². The number of hydrogen-bond acceptors (Lipinski definition) is 3. The minimum atomic E-state index is -0.223. The van der Waals surface area contributed by atoms with Crippen molar-refractivity contribution < 1.29 is 9.53 Å². The first-order chi connectivity index (χ1) is 9.17. The molecular weight excluding hydrogens is 240 g/mol. The van der Waals surface area contributed by atoms with Crippen LogP contribution in [-0.4, -0.2) is 48.2 Å². The predicted octanol–water partition coefficient (Wildman–Crippen LogP) is 2.10. The molecular formula is C15H20N2O2. The quantitative estimate of drug-likeness (QED) is 0.816. The molecule has 4 nitrogen and oxygen atoms in total. The van der Waals surface area contributed by atoms with E-state index in [2.05, 4.69) is 29.2 Å². The van der Waals surface area contributed by atoms with Gasteiger partial charge in [0.05, 0.1) is 6.54 Å². The Morgan fingerprint density at radius 3 is 2.47 bits per heavy atom. The van der Waals surface area contributed by atoms with Gasteiger partial charge < -0.3 is 9.64 Å². The molecule has 19 heavy (non-hydrogen) atoms. The van der Waals surface area contributed by atoms with Crippen LogP contribution in [0.5, 0.6) is 0 Å². The van der Waals surface area contributed by atoms with Gasteiger partial charge in [0.15, 0.2) is 0 Å². The van der Waals surface area contributed by atoms with Crippen molar-refractivity contribution in [3.63, 3.8) is 0 Å². The van der Waals surface area contributed by atoms with E-state index in [4.69, 9.17) is 4.74 Å². The summed E-state index contributed by atoms with van der Waals surface area (Å²) in [7, 11) is 1.81. The van der Waals surface area contributed by atoms with Crippen LogP contribution in [0.2, 0.25) is 0 Å². The number of carbonyl (C=O) groups is 1. The van der Waals surface area contributed by atoms with Crippen molar-refractivity contribution in [3.05, 3.63) is 35.9 Å². The summed E-state index contributed by atoms with van der Waals surface area (Å²) in [5.74, 6) is 0. The molecule has 0 unspecified atom stereocenters. The van der Waals surface area contributed by atoms with Crippen LogP contribution >= 0.6 is 0 Å². The maximum Gasteiger partial charge on any atom is 0.410 e. The Bertz CT molecular complexity index is 452. The fourth-order valence-corrected chi connectivity index (χ4v) is 3.01. The summed E-state index contributed by atoms with van der Waals surface area (Å²) < 4.78 is 5.56. The third-order valence-electron chi connectivity index (χ3n) is 4.16. The van der Waals surface area contributed by atoms with E-state index in [9.17, 15) is 4.79 Å². The Balaban J connectivity index is 1.57. The molecule has 0 aliphatic carbocycles. The van der Waals surface area contributed by atoms with Crippen molar-refractivity contribution in [2.75, 3.05) is 26.7 Å². The Labute approximate surface area is 113 Å². The number of nitrogens with zero attached hydrogens (tertiary/aromatic N) is 2. The van der Waals surface area contributed by atoms with Crippen LogP contribution in [0.15, 0.2) is 30.3 Å². The van der Waals surface area contributed by atoms with Crippen LogP contribution in [-0.2, 0) is 11.3 Å². The van der Waals surface area contributed by atoms with Crippen molar-refractivity contribution in [3.8, 4) is 0 Å². The molecule has 2 saturated heterocycles. The zero-order valence-corrected chi connectivity index (χ0v) is 11.3.